The van der Waals surface area contributed by atoms with Gasteiger partial charge in [-0.1, -0.05) is 30.1 Å². The van der Waals surface area contributed by atoms with E-state index in [1.54, 1.807) is 12.1 Å². The summed E-state index contributed by atoms with van der Waals surface area (Å²) in [4.78, 5) is 18.8. The maximum absolute atomic E-state index is 13.2. The number of nitrogens with one attached hydrogen (secondary N) is 1. The summed E-state index contributed by atoms with van der Waals surface area (Å²) in [7, 11) is 0. The number of oxime groups is 1. The molecule has 0 aromatic heterocycles. The van der Waals surface area contributed by atoms with Crippen LogP contribution in [0.3, 0.4) is 0 Å². The Morgan fingerprint density at radius 3 is 2.59 bits per heavy atom. The number of hydrogen-bond donors (Lipinski definition) is 1. The van der Waals surface area contributed by atoms with E-state index < -0.39 is 5.41 Å². The standard InChI is InChI=1S/C21H27FN2O3/c22-16-7-5-15(6-8-16)19-13-18(27-24-19)14-21(9-11-26-12-10-21)20(25)23-17-3-1-2-4-17/h5-8,17-18H,1-4,9-14H2,(H,23,25). The molecule has 146 valence electrons. The molecular formula is C21H27FN2O3. The second-order valence-corrected chi connectivity index (χ2v) is 8.03. The first-order chi connectivity index (χ1) is 13.1. The molecule has 0 radical (unpaired) electrons. The minimum absolute atomic E-state index is 0.127. The third-order valence-corrected chi connectivity index (χ3v) is 6.15. The monoisotopic (exact) mass is 374 g/mol. The van der Waals surface area contributed by atoms with Gasteiger partial charge in [0.05, 0.1) is 11.1 Å². The van der Waals surface area contributed by atoms with Crippen LogP contribution in [0.4, 0.5) is 4.39 Å². The van der Waals surface area contributed by atoms with Crippen molar-refractivity contribution in [2.45, 2.75) is 63.5 Å². The lowest BCUT2D eigenvalue weighted by atomic mass is 9.74. The van der Waals surface area contributed by atoms with Gasteiger partial charge >= 0.3 is 0 Å². The second kappa shape index (κ2) is 7.97. The first-order valence-corrected chi connectivity index (χ1v) is 10.0. The molecule has 1 N–H and O–H groups in total. The van der Waals surface area contributed by atoms with Crippen LogP contribution in [-0.4, -0.2) is 37.0 Å². The molecule has 1 atom stereocenters. The lowest BCUT2D eigenvalue weighted by Gasteiger charge is -2.37. The van der Waals surface area contributed by atoms with Crippen molar-refractivity contribution < 1.29 is 18.8 Å². The van der Waals surface area contributed by atoms with E-state index in [9.17, 15) is 9.18 Å². The summed E-state index contributed by atoms with van der Waals surface area (Å²) in [5, 5.41) is 7.49. The summed E-state index contributed by atoms with van der Waals surface area (Å²) in [5.41, 5.74) is 1.24. The Balaban J connectivity index is 1.41. The van der Waals surface area contributed by atoms with Gasteiger partial charge in [-0.25, -0.2) is 4.39 Å². The molecule has 0 spiro atoms. The number of carbonyl (C=O) groups excluding carboxylic acids is 1. The summed E-state index contributed by atoms with van der Waals surface area (Å²) in [6, 6.07) is 6.61. The molecule has 5 nitrogen and oxygen atoms in total. The van der Waals surface area contributed by atoms with Crippen LogP contribution in [0.5, 0.6) is 0 Å². The minimum Gasteiger partial charge on any atom is -0.392 e. The highest BCUT2D eigenvalue weighted by Crippen LogP contribution is 2.39. The highest BCUT2D eigenvalue weighted by molar-refractivity contribution is 6.01. The average molecular weight is 374 g/mol. The van der Waals surface area contributed by atoms with Gasteiger partial charge in [0, 0.05) is 32.1 Å². The van der Waals surface area contributed by atoms with E-state index in [1.165, 1.54) is 25.0 Å². The Bertz CT molecular complexity index is 692. The topological polar surface area (TPSA) is 59.9 Å². The van der Waals surface area contributed by atoms with Gasteiger partial charge in [-0.05, 0) is 43.4 Å². The second-order valence-electron chi connectivity index (χ2n) is 8.03. The molecule has 4 rings (SSSR count). The first kappa shape index (κ1) is 18.4. The Morgan fingerprint density at radius 1 is 1.19 bits per heavy atom. The quantitative estimate of drug-likeness (QED) is 0.857. The van der Waals surface area contributed by atoms with E-state index in [4.69, 9.17) is 9.57 Å². The van der Waals surface area contributed by atoms with Crippen LogP contribution < -0.4 is 5.32 Å². The molecule has 1 amide bonds. The van der Waals surface area contributed by atoms with Gasteiger partial charge in [0.25, 0.3) is 0 Å². The van der Waals surface area contributed by atoms with Crippen molar-refractivity contribution in [3.63, 3.8) is 0 Å². The normalized spacial score (nSPS) is 25.1. The SMILES string of the molecule is O=C(NC1CCCC1)C1(CC2CC(c3ccc(F)cc3)=NO2)CCOCC1. The zero-order valence-electron chi connectivity index (χ0n) is 15.6. The van der Waals surface area contributed by atoms with E-state index in [0.717, 1.165) is 37.0 Å². The lowest BCUT2D eigenvalue weighted by molar-refractivity contribution is -0.140. The fraction of sp³-hybridized carbons (Fsp3) is 0.619. The number of rotatable bonds is 5. The van der Waals surface area contributed by atoms with Gasteiger partial charge in [-0.15, -0.1) is 0 Å². The van der Waals surface area contributed by atoms with E-state index in [-0.39, 0.29) is 17.8 Å². The van der Waals surface area contributed by atoms with Gasteiger partial charge in [-0.3, -0.25) is 4.79 Å². The van der Waals surface area contributed by atoms with Crippen LogP contribution in [0.1, 0.15) is 56.9 Å². The number of hydrogen-bond acceptors (Lipinski definition) is 4. The highest BCUT2D eigenvalue weighted by atomic mass is 19.1. The van der Waals surface area contributed by atoms with Gasteiger partial charge in [0.15, 0.2) is 0 Å². The molecule has 3 aliphatic rings. The largest absolute Gasteiger partial charge is 0.392 e. The number of halogens is 1. The van der Waals surface area contributed by atoms with E-state index in [2.05, 4.69) is 10.5 Å². The number of benzene rings is 1. The number of nitrogens with zero attached hydrogens (tertiary/aromatic N) is 1. The summed E-state index contributed by atoms with van der Waals surface area (Å²) in [6.45, 7) is 1.22. The molecule has 1 aromatic carbocycles. The Kier molecular flexibility index (Phi) is 5.43. The van der Waals surface area contributed by atoms with Crippen molar-refractivity contribution in [2.24, 2.45) is 10.6 Å². The van der Waals surface area contributed by atoms with E-state index >= 15 is 0 Å². The molecule has 2 fully saturated rings. The van der Waals surface area contributed by atoms with Crippen LogP contribution in [-0.2, 0) is 14.4 Å². The van der Waals surface area contributed by atoms with Crippen molar-refractivity contribution >= 4 is 11.6 Å². The van der Waals surface area contributed by atoms with Gasteiger partial charge in [-0.2, -0.15) is 0 Å². The third kappa shape index (κ3) is 4.15. The average Bonchev–Trinajstić information content (AvgIpc) is 3.35. The van der Waals surface area contributed by atoms with Crippen molar-refractivity contribution in [1.29, 1.82) is 0 Å². The van der Waals surface area contributed by atoms with Crippen LogP contribution in [0, 0.1) is 11.2 Å². The number of carbonyl (C=O) groups is 1. The van der Waals surface area contributed by atoms with Crippen LogP contribution in [0.25, 0.3) is 0 Å². The van der Waals surface area contributed by atoms with Crippen LogP contribution in [0.15, 0.2) is 29.4 Å². The zero-order valence-corrected chi connectivity index (χ0v) is 15.6. The predicted octanol–water partition coefficient (Wildman–Crippen LogP) is 3.56. The number of amides is 1. The maximum atomic E-state index is 13.2. The fourth-order valence-corrected chi connectivity index (χ4v) is 4.48. The minimum atomic E-state index is -0.445. The van der Waals surface area contributed by atoms with Gasteiger partial charge < -0.3 is 14.9 Å². The Labute approximate surface area is 159 Å². The summed E-state index contributed by atoms with van der Waals surface area (Å²) in [5.74, 6) is -0.115. The predicted molar refractivity (Wildman–Crippen MR) is 99.9 cm³/mol. The maximum Gasteiger partial charge on any atom is 0.226 e. The lowest BCUT2D eigenvalue weighted by Crippen LogP contribution is -2.49. The smallest absolute Gasteiger partial charge is 0.226 e. The molecule has 1 saturated carbocycles. The molecule has 1 aliphatic carbocycles. The summed E-state index contributed by atoms with van der Waals surface area (Å²) < 4.78 is 18.7. The van der Waals surface area contributed by atoms with Crippen molar-refractivity contribution in [2.75, 3.05) is 13.2 Å². The first-order valence-electron chi connectivity index (χ1n) is 10.0. The molecule has 0 bridgehead atoms. The highest BCUT2D eigenvalue weighted by Gasteiger charge is 2.44. The fourth-order valence-electron chi connectivity index (χ4n) is 4.48. The zero-order chi connectivity index (χ0) is 18.7. The molecule has 27 heavy (non-hydrogen) atoms. The molecule has 6 heteroatoms. The molecule has 2 heterocycles. The Morgan fingerprint density at radius 2 is 1.89 bits per heavy atom. The van der Waals surface area contributed by atoms with E-state index in [1.807, 2.05) is 0 Å². The summed E-state index contributed by atoms with van der Waals surface area (Å²) >= 11 is 0. The van der Waals surface area contributed by atoms with Crippen molar-refractivity contribution in [1.82, 2.24) is 5.32 Å². The molecular weight excluding hydrogens is 347 g/mol. The van der Waals surface area contributed by atoms with E-state index in [0.29, 0.717) is 32.1 Å². The van der Waals surface area contributed by atoms with Crippen LogP contribution >= 0.6 is 0 Å². The molecule has 1 unspecified atom stereocenters. The molecule has 1 saturated heterocycles. The van der Waals surface area contributed by atoms with Gasteiger partial charge in [0.1, 0.15) is 11.9 Å². The van der Waals surface area contributed by atoms with Gasteiger partial charge in [0.2, 0.25) is 5.91 Å². The van der Waals surface area contributed by atoms with Crippen molar-refractivity contribution in [3.8, 4) is 0 Å². The summed E-state index contributed by atoms with van der Waals surface area (Å²) in [6.07, 6.45) is 7.15. The number of ether oxygens (including phenoxy) is 1. The Hall–Kier alpha value is -1.95. The van der Waals surface area contributed by atoms with Crippen molar-refractivity contribution in [3.05, 3.63) is 35.6 Å². The molecule has 2 aliphatic heterocycles. The third-order valence-electron chi connectivity index (χ3n) is 6.15. The molecule has 1 aromatic rings. The van der Waals surface area contributed by atoms with Crippen LogP contribution in [0.2, 0.25) is 0 Å².